The quantitative estimate of drug-likeness (QED) is 0.634. The topological polar surface area (TPSA) is 30.5 Å². The number of nitrogens with one attached hydrogen (secondary N) is 1. The van der Waals surface area contributed by atoms with E-state index in [4.69, 9.17) is 9.47 Å². The first-order valence-electron chi connectivity index (χ1n) is 8.47. The molecular formula is C22H23NO2. The fourth-order valence-electron chi connectivity index (χ4n) is 2.55. The van der Waals surface area contributed by atoms with Crippen LogP contribution in [0, 0.1) is 0 Å². The zero-order chi connectivity index (χ0) is 17.3. The van der Waals surface area contributed by atoms with Crippen LogP contribution in [0.2, 0.25) is 0 Å². The molecule has 3 nitrogen and oxygen atoms in total. The van der Waals surface area contributed by atoms with Crippen molar-refractivity contribution in [1.29, 1.82) is 0 Å². The summed E-state index contributed by atoms with van der Waals surface area (Å²) in [6.07, 6.45) is 0.915. The van der Waals surface area contributed by atoms with Crippen LogP contribution in [0.15, 0.2) is 78.9 Å². The van der Waals surface area contributed by atoms with Gasteiger partial charge in [0.15, 0.2) is 0 Å². The van der Waals surface area contributed by atoms with Gasteiger partial charge in [0.05, 0.1) is 13.7 Å². The number of hydrogen-bond acceptors (Lipinski definition) is 3. The highest BCUT2D eigenvalue weighted by Crippen LogP contribution is 2.18. The van der Waals surface area contributed by atoms with Gasteiger partial charge in [-0.25, -0.2) is 0 Å². The van der Waals surface area contributed by atoms with Crippen LogP contribution in [-0.4, -0.2) is 13.7 Å². The van der Waals surface area contributed by atoms with E-state index in [0.717, 1.165) is 30.2 Å². The summed E-state index contributed by atoms with van der Waals surface area (Å²) in [5.74, 6) is 1.77. The number of ether oxygens (including phenoxy) is 2. The summed E-state index contributed by atoms with van der Waals surface area (Å²) >= 11 is 0. The summed E-state index contributed by atoms with van der Waals surface area (Å²) < 4.78 is 11.0. The first-order valence-corrected chi connectivity index (χ1v) is 8.47. The first kappa shape index (κ1) is 16.9. The van der Waals surface area contributed by atoms with Crippen LogP contribution >= 0.6 is 0 Å². The van der Waals surface area contributed by atoms with Crippen LogP contribution in [0.3, 0.4) is 0 Å². The smallest absolute Gasteiger partial charge is 0.119 e. The Balaban J connectivity index is 1.45. The summed E-state index contributed by atoms with van der Waals surface area (Å²) in [6.45, 7) is 1.46. The molecule has 0 amide bonds. The Morgan fingerprint density at radius 1 is 0.720 bits per heavy atom. The Morgan fingerprint density at radius 3 is 2.08 bits per heavy atom. The van der Waals surface area contributed by atoms with Gasteiger partial charge >= 0.3 is 0 Å². The molecule has 0 unspecified atom stereocenters. The first-order chi connectivity index (χ1) is 12.3. The van der Waals surface area contributed by atoms with Crippen molar-refractivity contribution in [3.8, 4) is 11.5 Å². The second kappa shape index (κ2) is 8.78. The van der Waals surface area contributed by atoms with Crippen molar-refractivity contribution in [2.24, 2.45) is 0 Å². The van der Waals surface area contributed by atoms with E-state index < -0.39 is 0 Å². The van der Waals surface area contributed by atoms with Crippen molar-refractivity contribution in [3.05, 3.63) is 90.0 Å². The molecule has 0 aliphatic heterocycles. The molecular weight excluding hydrogens is 310 g/mol. The molecule has 0 atom stereocenters. The fourth-order valence-corrected chi connectivity index (χ4v) is 2.55. The Bertz CT molecular complexity index is 752. The molecule has 0 spiro atoms. The van der Waals surface area contributed by atoms with Gasteiger partial charge in [-0.05, 0) is 47.5 Å². The molecule has 0 aliphatic carbocycles. The van der Waals surface area contributed by atoms with Gasteiger partial charge in [-0.3, -0.25) is 0 Å². The lowest BCUT2D eigenvalue weighted by Crippen LogP contribution is -2.02. The van der Waals surface area contributed by atoms with E-state index in [1.165, 1.54) is 11.1 Å². The standard InChI is InChI=1S/C22H23NO2/c1-24-21-11-7-19(8-12-21)17-23-20-9-13-22(14-10-20)25-16-15-18-5-3-2-4-6-18/h2-14,23H,15-17H2,1H3. The number of methoxy groups -OCH3 is 1. The van der Waals surface area contributed by atoms with E-state index in [1.54, 1.807) is 7.11 Å². The fraction of sp³-hybridized carbons (Fsp3) is 0.182. The second-order valence-corrected chi connectivity index (χ2v) is 5.81. The zero-order valence-corrected chi connectivity index (χ0v) is 14.4. The summed E-state index contributed by atoms with van der Waals surface area (Å²) in [5, 5.41) is 3.41. The SMILES string of the molecule is COc1ccc(CNc2ccc(OCCc3ccccc3)cc2)cc1. The highest BCUT2D eigenvalue weighted by atomic mass is 16.5. The maximum absolute atomic E-state index is 5.81. The van der Waals surface area contributed by atoms with E-state index in [1.807, 2.05) is 42.5 Å². The Labute approximate surface area is 149 Å². The van der Waals surface area contributed by atoms with Crippen molar-refractivity contribution >= 4 is 5.69 Å². The second-order valence-electron chi connectivity index (χ2n) is 5.81. The Hall–Kier alpha value is -2.94. The molecule has 0 aromatic heterocycles. The molecule has 3 rings (SSSR count). The molecule has 0 saturated heterocycles. The van der Waals surface area contributed by atoms with Crippen LogP contribution < -0.4 is 14.8 Å². The third-order valence-corrected chi connectivity index (χ3v) is 4.01. The maximum Gasteiger partial charge on any atom is 0.119 e. The molecule has 3 heteroatoms. The average molecular weight is 333 g/mol. The molecule has 25 heavy (non-hydrogen) atoms. The predicted molar refractivity (Wildman–Crippen MR) is 102 cm³/mol. The van der Waals surface area contributed by atoms with Gasteiger partial charge in [0, 0.05) is 18.7 Å². The third kappa shape index (κ3) is 5.28. The number of rotatable bonds is 8. The molecule has 3 aromatic rings. The van der Waals surface area contributed by atoms with Gasteiger partial charge < -0.3 is 14.8 Å². The lowest BCUT2D eigenvalue weighted by atomic mass is 10.2. The van der Waals surface area contributed by atoms with Gasteiger partial charge in [-0.2, -0.15) is 0 Å². The minimum Gasteiger partial charge on any atom is -0.497 e. The van der Waals surface area contributed by atoms with Crippen LogP contribution in [0.4, 0.5) is 5.69 Å². The Kier molecular flexibility index (Phi) is 5.94. The summed E-state index contributed by atoms with van der Waals surface area (Å²) in [7, 11) is 1.68. The molecule has 0 bridgehead atoms. The minimum absolute atomic E-state index is 0.683. The monoisotopic (exact) mass is 333 g/mol. The highest BCUT2D eigenvalue weighted by Gasteiger charge is 1.98. The molecule has 0 fully saturated rings. The number of anilines is 1. The maximum atomic E-state index is 5.81. The van der Waals surface area contributed by atoms with Crippen LogP contribution in [0.25, 0.3) is 0 Å². The molecule has 0 radical (unpaired) electrons. The van der Waals surface area contributed by atoms with Crippen molar-refractivity contribution in [2.45, 2.75) is 13.0 Å². The van der Waals surface area contributed by atoms with Gasteiger partial charge in [0.2, 0.25) is 0 Å². The Morgan fingerprint density at radius 2 is 1.40 bits per heavy atom. The van der Waals surface area contributed by atoms with Crippen LogP contribution in [0.1, 0.15) is 11.1 Å². The van der Waals surface area contributed by atoms with E-state index in [-0.39, 0.29) is 0 Å². The lowest BCUT2D eigenvalue weighted by Gasteiger charge is -2.10. The van der Waals surface area contributed by atoms with E-state index in [0.29, 0.717) is 6.61 Å². The molecule has 0 aliphatic rings. The zero-order valence-electron chi connectivity index (χ0n) is 14.4. The number of benzene rings is 3. The van der Waals surface area contributed by atoms with Crippen molar-refractivity contribution in [1.82, 2.24) is 0 Å². The summed E-state index contributed by atoms with van der Waals surface area (Å²) in [5.41, 5.74) is 3.58. The van der Waals surface area contributed by atoms with E-state index in [2.05, 4.69) is 41.7 Å². The normalized spacial score (nSPS) is 10.3. The minimum atomic E-state index is 0.683. The van der Waals surface area contributed by atoms with Crippen LogP contribution in [0.5, 0.6) is 11.5 Å². The van der Waals surface area contributed by atoms with Crippen molar-refractivity contribution in [3.63, 3.8) is 0 Å². The largest absolute Gasteiger partial charge is 0.497 e. The van der Waals surface area contributed by atoms with Gasteiger partial charge in [0.25, 0.3) is 0 Å². The number of hydrogen-bond donors (Lipinski definition) is 1. The summed E-state index contributed by atoms with van der Waals surface area (Å²) in [6, 6.07) is 26.5. The van der Waals surface area contributed by atoms with Gasteiger partial charge in [-0.15, -0.1) is 0 Å². The van der Waals surface area contributed by atoms with Gasteiger partial charge in [0.1, 0.15) is 11.5 Å². The van der Waals surface area contributed by atoms with Crippen LogP contribution in [-0.2, 0) is 13.0 Å². The highest BCUT2D eigenvalue weighted by molar-refractivity contribution is 5.47. The predicted octanol–water partition coefficient (Wildman–Crippen LogP) is 4.93. The molecule has 0 saturated carbocycles. The van der Waals surface area contributed by atoms with Gasteiger partial charge in [-0.1, -0.05) is 42.5 Å². The molecule has 0 heterocycles. The third-order valence-electron chi connectivity index (χ3n) is 4.01. The lowest BCUT2D eigenvalue weighted by molar-refractivity contribution is 0.322. The summed E-state index contributed by atoms with van der Waals surface area (Å²) in [4.78, 5) is 0. The molecule has 3 aromatic carbocycles. The average Bonchev–Trinajstić information content (AvgIpc) is 2.68. The van der Waals surface area contributed by atoms with Crippen molar-refractivity contribution < 1.29 is 9.47 Å². The van der Waals surface area contributed by atoms with Crippen molar-refractivity contribution in [2.75, 3.05) is 19.0 Å². The molecule has 128 valence electrons. The van der Waals surface area contributed by atoms with E-state index in [9.17, 15) is 0 Å². The van der Waals surface area contributed by atoms with E-state index >= 15 is 0 Å². The molecule has 1 N–H and O–H groups in total.